The number of benzene rings is 2. The van der Waals surface area contributed by atoms with Crippen LogP contribution >= 0.6 is 23.2 Å². The quantitative estimate of drug-likeness (QED) is 0.670. The van der Waals surface area contributed by atoms with Gasteiger partial charge in [0.15, 0.2) is 6.61 Å². The molecule has 0 saturated carbocycles. The summed E-state index contributed by atoms with van der Waals surface area (Å²) in [6, 6.07) is 10.8. The maximum atomic E-state index is 12.0. The highest BCUT2D eigenvalue weighted by Gasteiger charge is 2.14. The number of amides is 1. The van der Waals surface area contributed by atoms with E-state index in [0.29, 0.717) is 15.7 Å². The van der Waals surface area contributed by atoms with Gasteiger partial charge in [0.1, 0.15) is 6.54 Å². The molecule has 6 nitrogen and oxygen atoms in total. The van der Waals surface area contributed by atoms with Gasteiger partial charge in [0, 0.05) is 0 Å². The van der Waals surface area contributed by atoms with Crippen molar-refractivity contribution >= 4 is 51.8 Å². The lowest BCUT2D eigenvalue weighted by Crippen LogP contribution is -2.23. The lowest BCUT2D eigenvalue weighted by Gasteiger charge is -2.11. The summed E-state index contributed by atoms with van der Waals surface area (Å²) in [5.41, 5.74) is 2.67. The number of esters is 1. The summed E-state index contributed by atoms with van der Waals surface area (Å²) in [7, 11) is 0. The minimum atomic E-state index is -0.551. The van der Waals surface area contributed by atoms with Gasteiger partial charge in [-0.1, -0.05) is 41.4 Å². The lowest BCUT2D eigenvalue weighted by molar-refractivity contribution is -0.147. The van der Waals surface area contributed by atoms with E-state index in [4.69, 9.17) is 27.9 Å². The Hall–Kier alpha value is -2.57. The van der Waals surface area contributed by atoms with Crippen molar-refractivity contribution in [2.45, 2.75) is 13.5 Å². The Morgan fingerprint density at radius 1 is 1.19 bits per heavy atom. The van der Waals surface area contributed by atoms with Crippen molar-refractivity contribution < 1.29 is 14.3 Å². The summed E-state index contributed by atoms with van der Waals surface area (Å²) in [5, 5.41) is 3.22. The predicted octanol–water partition coefficient (Wildman–Crippen LogP) is 3.83. The van der Waals surface area contributed by atoms with Gasteiger partial charge in [-0.05, 0) is 30.7 Å². The zero-order chi connectivity index (χ0) is 18.7. The van der Waals surface area contributed by atoms with Crippen LogP contribution < -0.4 is 5.32 Å². The molecule has 8 heteroatoms. The number of para-hydroxylation sites is 2. The van der Waals surface area contributed by atoms with E-state index in [-0.39, 0.29) is 6.54 Å². The molecule has 0 unspecified atom stereocenters. The first-order chi connectivity index (χ1) is 12.5. The van der Waals surface area contributed by atoms with Gasteiger partial charge >= 0.3 is 5.97 Å². The van der Waals surface area contributed by atoms with Crippen LogP contribution in [0.2, 0.25) is 10.0 Å². The van der Waals surface area contributed by atoms with Gasteiger partial charge in [0.05, 0.1) is 33.1 Å². The van der Waals surface area contributed by atoms with Gasteiger partial charge in [-0.3, -0.25) is 9.59 Å². The fourth-order valence-electron chi connectivity index (χ4n) is 2.41. The van der Waals surface area contributed by atoms with Crippen molar-refractivity contribution in [2.75, 3.05) is 11.9 Å². The third kappa shape index (κ3) is 3.98. The van der Waals surface area contributed by atoms with Crippen LogP contribution in [-0.2, 0) is 20.9 Å². The second kappa shape index (κ2) is 7.76. The third-order valence-corrected chi connectivity index (χ3v) is 4.54. The molecule has 0 radical (unpaired) electrons. The lowest BCUT2D eigenvalue weighted by atomic mass is 10.2. The summed E-state index contributed by atoms with van der Waals surface area (Å²) < 4.78 is 6.68. The molecule has 1 amide bonds. The van der Waals surface area contributed by atoms with Gasteiger partial charge < -0.3 is 14.6 Å². The molecule has 2 aromatic carbocycles. The van der Waals surface area contributed by atoms with E-state index in [1.807, 2.05) is 24.3 Å². The molecule has 0 saturated heterocycles. The highest BCUT2D eigenvalue weighted by Crippen LogP contribution is 2.32. The van der Waals surface area contributed by atoms with Crippen LogP contribution in [0.3, 0.4) is 0 Å². The van der Waals surface area contributed by atoms with E-state index in [1.165, 1.54) is 0 Å². The second-order valence-corrected chi connectivity index (χ2v) is 6.41. The van der Waals surface area contributed by atoms with E-state index in [9.17, 15) is 9.59 Å². The molecular formula is C18H15Cl2N3O3. The standard InChI is InChI=1S/C18H15Cl2N3O3/c1-11-6-7-12(19)18(17(11)20)22-15(24)9-26-16(25)8-23-10-21-13-4-2-3-5-14(13)23/h2-7,10H,8-9H2,1H3,(H,22,24). The number of fused-ring (bicyclic) bond motifs is 1. The van der Waals surface area contributed by atoms with Gasteiger partial charge in [-0.25, -0.2) is 4.98 Å². The van der Waals surface area contributed by atoms with E-state index < -0.39 is 18.5 Å². The molecule has 0 atom stereocenters. The van der Waals surface area contributed by atoms with E-state index >= 15 is 0 Å². The first-order valence-electron chi connectivity index (χ1n) is 7.75. The summed E-state index contributed by atoms with van der Waals surface area (Å²) in [5.74, 6) is -1.08. The summed E-state index contributed by atoms with van der Waals surface area (Å²) in [4.78, 5) is 28.2. The van der Waals surface area contributed by atoms with Crippen LogP contribution in [0.15, 0.2) is 42.7 Å². The number of aryl methyl sites for hydroxylation is 1. The number of carbonyl (C=O) groups is 2. The van der Waals surface area contributed by atoms with Crippen LogP contribution in [-0.4, -0.2) is 28.0 Å². The molecule has 134 valence electrons. The number of hydrogen-bond acceptors (Lipinski definition) is 4. The first-order valence-corrected chi connectivity index (χ1v) is 8.51. The number of carbonyl (C=O) groups excluding carboxylic acids is 2. The summed E-state index contributed by atoms with van der Waals surface area (Å²) >= 11 is 12.2. The number of rotatable bonds is 5. The van der Waals surface area contributed by atoms with E-state index in [1.54, 1.807) is 30.0 Å². The number of ether oxygens (including phenoxy) is 1. The average molecular weight is 392 g/mol. The Bertz CT molecular complexity index is 985. The Morgan fingerprint density at radius 3 is 2.77 bits per heavy atom. The molecule has 3 rings (SSSR count). The molecule has 0 bridgehead atoms. The Balaban J connectivity index is 1.58. The maximum Gasteiger partial charge on any atom is 0.326 e. The fourth-order valence-corrected chi connectivity index (χ4v) is 2.88. The molecule has 0 aliphatic carbocycles. The fraction of sp³-hybridized carbons (Fsp3) is 0.167. The van der Waals surface area contributed by atoms with Crippen LogP contribution in [0.25, 0.3) is 11.0 Å². The number of nitrogens with one attached hydrogen (secondary N) is 1. The highest BCUT2D eigenvalue weighted by atomic mass is 35.5. The average Bonchev–Trinajstić information content (AvgIpc) is 3.03. The number of hydrogen-bond donors (Lipinski definition) is 1. The van der Waals surface area contributed by atoms with Crippen molar-refractivity contribution in [1.29, 1.82) is 0 Å². The number of halogens is 2. The Labute approximate surface area is 159 Å². The normalized spacial score (nSPS) is 10.7. The zero-order valence-electron chi connectivity index (χ0n) is 13.8. The second-order valence-electron chi connectivity index (χ2n) is 5.62. The SMILES string of the molecule is Cc1ccc(Cl)c(NC(=O)COC(=O)Cn2cnc3ccccc32)c1Cl. The number of aromatic nitrogens is 2. The van der Waals surface area contributed by atoms with E-state index in [2.05, 4.69) is 10.3 Å². The molecule has 1 N–H and O–H groups in total. The monoisotopic (exact) mass is 391 g/mol. The van der Waals surface area contributed by atoms with Crippen molar-refractivity contribution in [3.63, 3.8) is 0 Å². The molecule has 0 spiro atoms. The van der Waals surface area contributed by atoms with Crippen molar-refractivity contribution in [3.8, 4) is 0 Å². The Kier molecular flexibility index (Phi) is 5.44. The minimum absolute atomic E-state index is 0.0419. The van der Waals surface area contributed by atoms with Gasteiger partial charge in [0.25, 0.3) is 5.91 Å². The summed E-state index contributed by atoms with van der Waals surface area (Å²) in [6.45, 7) is 1.32. The number of anilines is 1. The van der Waals surface area contributed by atoms with Gasteiger partial charge in [0.2, 0.25) is 0 Å². The molecule has 3 aromatic rings. The van der Waals surface area contributed by atoms with Crippen molar-refractivity contribution in [1.82, 2.24) is 9.55 Å². The topological polar surface area (TPSA) is 73.2 Å². The van der Waals surface area contributed by atoms with Gasteiger partial charge in [-0.15, -0.1) is 0 Å². The van der Waals surface area contributed by atoms with Crippen LogP contribution in [0.4, 0.5) is 5.69 Å². The summed E-state index contributed by atoms with van der Waals surface area (Å²) in [6.07, 6.45) is 1.55. The smallest absolute Gasteiger partial charge is 0.326 e. The molecule has 0 fully saturated rings. The van der Waals surface area contributed by atoms with Crippen LogP contribution in [0, 0.1) is 6.92 Å². The van der Waals surface area contributed by atoms with Crippen molar-refractivity contribution in [2.24, 2.45) is 0 Å². The van der Waals surface area contributed by atoms with Crippen LogP contribution in [0.5, 0.6) is 0 Å². The molecule has 0 aliphatic rings. The molecule has 0 aliphatic heterocycles. The minimum Gasteiger partial charge on any atom is -0.454 e. The largest absolute Gasteiger partial charge is 0.454 e. The zero-order valence-corrected chi connectivity index (χ0v) is 15.3. The first kappa shape index (κ1) is 18.2. The molecular weight excluding hydrogens is 377 g/mol. The molecule has 1 aromatic heterocycles. The maximum absolute atomic E-state index is 12.0. The number of imidazole rings is 1. The third-order valence-electron chi connectivity index (χ3n) is 3.74. The van der Waals surface area contributed by atoms with E-state index in [0.717, 1.165) is 16.6 Å². The van der Waals surface area contributed by atoms with Gasteiger partial charge in [-0.2, -0.15) is 0 Å². The van der Waals surface area contributed by atoms with Crippen molar-refractivity contribution in [3.05, 3.63) is 58.3 Å². The predicted molar refractivity (Wildman–Crippen MR) is 101 cm³/mol. The highest BCUT2D eigenvalue weighted by molar-refractivity contribution is 6.40. The van der Waals surface area contributed by atoms with Crippen LogP contribution in [0.1, 0.15) is 5.56 Å². The molecule has 26 heavy (non-hydrogen) atoms. The Morgan fingerprint density at radius 2 is 1.96 bits per heavy atom. The number of nitrogens with zero attached hydrogens (tertiary/aromatic N) is 2. The molecule has 1 heterocycles.